The summed E-state index contributed by atoms with van der Waals surface area (Å²) in [6, 6.07) is 0. The van der Waals surface area contributed by atoms with Crippen molar-refractivity contribution >= 4 is 0 Å². The van der Waals surface area contributed by atoms with E-state index in [0.29, 0.717) is 26.2 Å². The van der Waals surface area contributed by atoms with Gasteiger partial charge in [-0.25, -0.2) is 0 Å². The molecule has 0 atom stereocenters. The Balaban J connectivity index is 4.16. The first-order valence-corrected chi connectivity index (χ1v) is 12.5. The minimum absolute atomic E-state index is 0.136. The molecule has 4 N–H and O–H groups in total. The summed E-state index contributed by atoms with van der Waals surface area (Å²) in [6.07, 6.45) is 9.97. The average molecular weight is 461 g/mol. The third-order valence-electron chi connectivity index (χ3n) is 5.66. The third-order valence-corrected chi connectivity index (χ3v) is 5.66. The van der Waals surface area contributed by atoms with Crippen molar-refractivity contribution < 1.29 is 20.4 Å². The molecule has 0 spiro atoms. The highest BCUT2D eigenvalue weighted by atomic mass is 16.3. The van der Waals surface area contributed by atoms with Crippen molar-refractivity contribution in [2.75, 3.05) is 105 Å². The first kappa shape index (κ1) is 31.4. The number of aliphatic hydroxyl groups is 4. The van der Waals surface area contributed by atoms with E-state index >= 15 is 0 Å². The quantitative estimate of drug-likeness (QED) is 0.121. The fourth-order valence-electron chi connectivity index (χ4n) is 3.83. The molecule has 0 amide bonds. The zero-order valence-corrected chi connectivity index (χ0v) is 20.9. The summed E-state index contributed by atoms with van der Waals surface area (Å²) < 4.78 is 0. The van der Waals surface area contributed by atoms with E-state index in [-0.39, 0.29) is 26.4 Å². The molecule has 8 nitrogen and oxygen atoms in total. The standard InChI is InChI=1S/C24H52N4O4/c1-3-4-5-12-26(15-9-16-28(19-23-31)20-24-32)13-7-6-10-25(2)11-8-14-27(17-21-29)18-22-30/h4-5,29-32H,3,6-24H2,1-2H3. The van der Waals surface area contributed by atoms with Gasteiger partial charge in [0.1, 0.15) is 0 Å². The number of aliphatic hydroxyl groups excluding tert-OH is 4. The second-order valence-corrected chi connectivity index (χ2v) is 8.48. The molecule has 32 heavy (non-hydrogen) atoms. The highest BCUT2D eigenvalue weighted by Gasteiger charge is 2.08. The Kier molecular flexibility index (Phi) is 23.1. The minimum atomic E-state index is 0.136. The summed E-state index contributed by atoms with van der Waals surface area (Å²) in [5, 5.41) is 36.5. The fraction of sp³-hybridized carbons (Fsp3) is 0.917. The topological polar surface area (TPSA) is 93.9 Å². The van der Waals surface area contributed by atoms with E-state index in [4.69, 9.17) is 20.4 Å². The van der Waals surface area contributed by atoms with Gasteiger partial charge in [0.15, 0.2) is 0 Å². The Morgan fingerprint density at radius 1 is 0.500 bits per heavy atom. The number of rotatable bonds is 24. The van der Waals surface area contributed by atoms with E-state index < -0.39 is 0 Å². The van der Waals surface area contributed by atoms with Crippen molar-refractivity contribution in [1.82, 2.24) is 19.6 Å². The van der Waals surface area contributed by atoms with Crippen LogP contribution in [-0.4, -0.2) is 145 Å². The van der Waals surface area contributed by atoms with E-state index in [0.717, 1.165) is 65.1 Å². The first-order valence-electron chi connectivity index (χ1n) is 12.5. The van der Waals surface area contributed by atoms with Gasteiger partial charge in [-0.3, -0.25) is 14.7 Å². The number of nitrogens with zero attached hydrogens (tertiary/aromatic N) is 4. The largest absolute Gasteiger partial charge is 0.395 e. The molecule has 0 radical (unpaired) electrons. The molecule has 0 aromatic rings. The van der Waals surface area contributed by atoms with Gasteiger partial charge in [0, 0.05) is 32.7 Å². The average Bonchev–Trinajstić information content (AvgIpc) is 2.77. The molecule has 0 saturated heterocycles. The number of hydrogen-bond donors (Lipinski definition) is 4. The number of hydrogen-bond acceptors (Lipinski definition) is 8. The Bertz CT molecular complexity index is 403. The molecule has 0 saturated carbocycles. The first-order chi connectivity index (χ1) is 15.6. The van der Waals surface area contributed by atoms with Crippen molar-refractivity contribution in [2.45, 2.75) is 39.0 Å². The third kappa shape index (κ3) is 18.9. The predicted molar refractivity (Wildman–Crippen MR) is 133 cm³/mol. The smallest absolute Gasteiger partial charge is 0.0558 e. The molecule has 0 fully saturated rings. The van der Waals surface area contributed by atoms with E-state index in [9.17, 15) is 0 Å². The van der Waals surface area contributed by atoms with Gasteiger partial charge in [0.05, 0.1) is 26.4 Å². The molecule has 192 valence electrons. The van der Waals surface area contributed by atoms with Crippen LogP contribution in [0.2, 0.25) is 0 Å². The summed E-state index contributed by atoms with van der Waals surface area (Å²) in [4.78, 5) is 9.11. The van der Waals surface area contributed by atoms with Crippen molar-refractivity contribution in [3.63, 3.8) is 0 Å². The van der Waals surface area contributed by atoms with Crippen LogP contribution >= 0.6 is 0 Å². The lowest BCUT2D eigenvalue weighted by Crippen LogP contribution is -2.34. The summed E-state index contributed by atoms with van der Waals surface area (Å²) in [5.41, 5.74) is 0. The molecule has 0 unspecified atom stereocenters. The van der Waals surface area contributed by atoms with Gasteiger partial charge < -0.3 is 25.3 Å². The normalized spacial score (nSPS) is 12.4. The van der Waals surface area contributed by atoms with Crippen LogP contribution in [0.1, 0.15) is 39.0 Å². The number of unbranched alkanes of at least 4 members (excludes halogenated alkanes) is 1. The van der Waals surface area contributed by atoms with Crippen LogP contribution in [0.5, 0.6) is 0 Å². The van der Waals surface area contributed by atoms with E-state index in [2.05, 4.69) is 45.7 Å². The molecule has 0 heterocycles. The zero-order valence-electron chi connectivity index (χ0n) is 20.9. The van der Waals surface area contributed by atoms with Crippen LogP contribution in [0.3, 0.4) is 0 Å². The maximum atomic E-state index is 9.16. The molecular weight excluding hydrogens is 408 g/mol. The van der Waals surface area contributed by atoms with Crippen molar-refractivity contribution in [3.8, 4) is 0 Å². The van der Waals surface area contributed by atoms with Crippen LogP contribution in [0.15, 0.2) is 12.2 Å². The molecule has 0 aliphatic rings. The summed E-state index contributed by atoms with van der Waals surface area (Å²) in [6.45, 7) is 12.2. The maximum Gasteiger partial charge on any atom is 0.0558 e. The fourth-order valence-corrected chi connectivity index (χ4v) is 3.83. The molecule has 0 aromatic heterocycles. The SMILES string of the molecule is CCC=CCN(CCCCN(C)CCCN(CCO)CCO)CCCN(CCO)CCO. The summed E-state index contributed by atoms with van der Waals surface area (Å²) in [5.74, 6) is 0. The highest BCUT2D eigenvalue weighted by molar-refractivity contribution is 4.84. The molecule has 0 aromatic carbocycles. The predicted octanol–water partition coefficient (Wildman–Crippen LogP) is 0.320. The lowest BCUT2D eigenvalue weighted by atomic mass is 10.2. The van der Waals surface area contributed by atoms with Gasteiger partial charge in [-0.2, -0.15) is 0 Å². The minimum Gasteiger partial charge on any atom is -0.395 e. The number of allylic oxidation sites excluding steroid dienone is 1. The molecule has 8 heteroatoms. The maximum absolute atomic E-state index is 9.16. The summed E-state index contributed by atoms with van der Waals surface area (Å²) in [7, 11) is 2.17. The van der Waals surface area contributed by atoms with Crippen LogP contribution in [0.4, 0.5) is 0 Å². The monoisotopic (exact) mass is 460 g/mol. The van der Waals surface area contributed by atoms with Crippen LogP contribution in [-0.2, 0) is 0 Å². The van der Waals surface area contributed by atoms with Gasteiger partial charge >= 0.3 is 0 Å². The van der Waals surface area contributed by atoms with Crippen LogP contribution in [0, 0.1) is 0 Å². The van der Waals surface area contributed by atoms with Crippen molar-refractivity contribution in [3.05, 3.63) is 12.2 Å². The van der Waals surface area contributed by atoms with E-state index in [1.54, 1.807) is 0 Å². The summed E-state index contributed by atoms with van der Waals surface area (Å²) >= 11 is 0. The van der Waals surface area contributed by atoms with Gasteiger partial charge in [-0.05, 0) is 78.4 Å². The second-order valence-electron chi connectivity index (χ2n) is 8.48. The second kappa shape index (κ2) is 23.6. The Hall–Kier alpha value is -0.580. The van der Waals surface area contributed by atoms with Crippen LogP contribution < -0.4 is 0 Å². The molecule has 0 aliphatic carbocycles. The van der Waals surface area contributed by atoms with Gasteiger partial charge in [-0.15, -0.1) is 0 Å². The Morgan fingerprint density at radius 2 is 0.906 bits per heavy atom. The van der Waals surface area contributed by atoms with Gasteiger partial charge in [0.2, 0.25) is 0 Å². The molecule has 0 bridgehead atoms. The lowest BCUT2D eigenvalue weighted by Gasteiger charge is -2.25. The molecular formula is C24H52N4O4. The van der Waals surface area contributed by atoms with E-state index in [1.807, 2.05) is 0 Å². The Labute approximate surface area is 197 Å². The Morgan fingerprint density at radius 3 is 1.41 bits per heavy atom. The molecule has 0 aliphatic heterocycles. The van der Waals surface area contributed by atoms with Crippen molar-refractivity contribution in [2.24, 2.45) is 0 Å². The van der Waals surface area contributed by atoms with Crippen molar-refractivity contribution in [1.29, 1.82) is 0 Å². The van der Waals surface area contributed by atoms with E-state index in [1.165, 1.54) is 12.8 Å². The highest BCUT2D eigenvalue weighted by Crippen LogP contribution is 2.02. The van der Waals surface area contributed by atoms with Crippen LogP contribution in [0.25, 0.3) is 0 Å². The zero-order chi connectivity index (χ0) is 23.9. The van der Waals surface area contributed by atoms with Gasteiger partial charge in [-0.1, -0.05) is 19.1 Å². The lowest BCUT2D eigenvalue weighted by molar-refractivity contribution is 0.153. The van der Waals surface area contributed by atoms with Gasteiger partial charge in [0.25, 0.3) is 0 Å². The molecule has 0 rings (SSSR count).